The van der Waals surface area contributed by atoms with Crippen molar-refractivity contribution >= 4 is 19.8 Å². The molecule has 0 unspecified atom stereocenters. The quantitative estimate of drug-likeness (QED) is 0.315. The average Bonchev–Trinajstić information content (AvgIpc) is 2.45. The van der Waals surface area contributed by atoms with Crippen molar-refractivity contribution in [1.82, 2.24) is 0 Å². The molecule has 22 heavy (non-hydrogen) atoms. The predicted molar refractivity (Wildman–Crippen MR) is 80.2 cm³/mol. The summed E-state index contributed by atoms with van der Waals surface area (Å²) in [5, 5.41) is 0. The van der Waals surface area contributed by atoms with Gasteiger partial charge in [0.15, 0.2) is 0 Å². The molecule has 0 fully saturated rings. The summed E-state index contributed by atoms with van der Waals surface area (Å²) >= 11 is -1.99. The first kappa shape index (κ1) is 17.1. The predicted octanol–water partition coefficient (Wildman–Crippen LogP) is 5.90. The van der Waals surface area contributed by atoms with Crippen molar-refractivity contribution in [3.8, 4) is 0 Å². The van der Waals surface area contributed by atoms with Crippen LogP contribution in [-0.4, -0.2) is 4.93 Å². The van der Waals surface area contributed by atoms with E-state index in [0.29, 0.717) is 0 Å². The molecule has 120 valence electrons. The van der Waals surface area contributed by atoms with Gasteiger partial charge in [0, 0.05) is 0 Å². The van der Waals surface area contributed by atoms with E-state index in [1.165, 1.54) is 24.3 Å². The molecular formula is C15H11F6I. The van der Waals surface area contributed by atoms with Crippen LogP contribution in [0.1, 0.15) is 11.1 Å². The van der Waals surface area contributed by atoms with E-state index in [0.717, 1.165) is 31.4 Å². The Morgan fingerprint density at radius 3 is 1.09 bits per heavy atom. The van der Waals surface area contributed by atoms with Crippen molar-refractivity contribution in [2.24, 2.45) is 0 Å². The van der Waals surface area contributed by atoms with E-state index >= 15 is 0 Å². The van der Waals surface area contributed by atoms with Crippen molar-refractivity contribution in [2.45, 2.75) is 12.4 Å². The van der Waals surface area contributed by atoms with Gasteiger partial charge in [-0.3, -0.25) is 0 Å². The van der Waals surface area contributed by atoms with Gasteiger partial charge in [-0.1, -0.05) is 0 Å². The van der Waals surface area contributed by atoms with Gasteiger partial charge in [0.1, 0.15) is 0 Å². The SMILES string of the molecule is CI(c1ccc(C(F)(F)F)cc1)c1ccc(C(F)(F)F)cc1. The first-order valence-electron chi connectivity index (χ1n) is 6.03. The van der Waals surface area contributed by atoms with Crippen LogP contribution in [0.25, 0.3) is 0 Å². The van der Waals surface area contributed by atoms with Crippen molar-refractivity contribution in [3.05, 3.63) is 66.8 Å². The summed E-state index contributed by atoms with van der Waals surface area (Å²) in [5.41, 5.74) is -1.46. The van der Waals surface area contributed by atoms with Gasteiger partial charge in [-0.25, -0.2) is 0 Å². The molecule has 0 aliphatic heterocycles. The number of hydrogen-bond donors (Lipinski definition) is 0. The second-order valence-electron chi connectivity index (χ2n) is 4.48. The summed E-state index contributed by atoms with van der Waals surface area (Å²) in [6.45, 7) is 0. The molecule has 0 radical (unpaired) electrons. The van der Waals surface area contributed by atoms with Crippen LogP contribution in [0.2, 0.25) is 0 Å². The molecular weight excluding hydrogens is 421 g/mol. The van der Waals surface area contributed by atoms with Crippen molar-refractivity contribution in [3.63, 3.8) is 0 Å². The van der Waals surface area contributed by atoms with E-state index in [1.807, 2.05) is 4.93 Å². The number of alkyl halides is 7. The van der Waals surface area contributed by atoms with Gasteiger partial charge in [-0.15, -0.1) is 0 Å². The third-order valence-electron chi connectivity index (χ3n) is 3.00. The van der Waals surface area contributed by atoms with E-state index in [4.69, 9.17) is 0 Å². The van der Waals surface area contributed by atoms with Crippen molar-refractivity contribution in [2.75, 3.05) is 4.93 Å². The van der Waals surface area contributed by atoms with Crippen molar-refractivity contribution in [1.29, 1.82) is 0 Å². The molecule has 0 amide bonds. The Hall–Kier alpha value is -1.25. The number of rotatable bonds is 2. The number of benzene rings is 2. The minimum absolute atomic E-state index is 0.729. The molecule has 0 aliphatic rings. The topological polar surface area (TPSA) is 0 Å². The monoisotopic (exact) mass is 432 g/mol. The Morgan fingerprint density at radius 1 is 0.591 bits per heavy atom. The van der Waals surface area contributed by atoms with Gasteiger partial charge in [0.25, 0.3) is 0 Å². The maximum absolute atomic E-state index is 12.5. The van der Waals surface area contributed by atoms with Gasteiger partial charge in [-0.2, -0.15) is 0 Å². The van der Waals surface area contributed by atoms with E-state index < -0.39 is 43.3 Å². The summed E-state index contributed by atoms with van der Waals surface area (Å²) in [4.78, 5) is 1.88. The van der Waals surface area contributed by atoms with Gasteiger partial charge in [-0.05, 0) is 0 Å². The number of hydrogen-bond acceptors (Lipinski definition) is 0. The van der Waals surface area contributed by atoms with Gasteiger partial charge in [0.2, 0.25) is 0 Å². The molecule has 2 aromatic rings. The van der Waals surface area contributed by atoms with Gasteiger partial charge in [0.05, 0.1) is 0 Å². The zero-order chi connectivity index (χ0) is 16.5. The molecule has 0 nitrogen and oxygen atoms in total. The second kappa shape index (κ2) is 6.10. The van der Waals surface area contributed by atoms with Crippen LogP contribution in [0.4, 0.5) is 26.3 Å². The molecule has 0 saturated carbocycles. The van der Waals surface area contributed by atoms with E-state index in [9.17, 15) is 26.3 Å². The van der Waals surface area contributed by atoms with Gasteiger partial charge < -0.3 is 0 Å². The minimum atomic E-state index is -4.39. The fourth-order valence-electron chi connectivity index (χ4n) is 1.78. The van der Waals surface area contributed by atoms with Crippen LogP contribution < -0.4 is 0 Å². The molecule has 2 rings (SSSR count). The average molecular weight is 432 g/mol. The van der Waals surface area contributed by atoms with E-state index in [2.05, 4.69) is 0 Å². The fourth-order valence-corrected chi connectivity index (χ4v) is 5.38. The maximum atomic E-state index is 12.5. The molecule has 2 aromatic carbocycles. The molecule has 0 aliphatic carbocycles. The summed E-state index contributed by atoms with van der Waals surface area (Å²) < 4.78 is 76.6. The molecule has 0 bridgehead atoms. The Morgan fingerprint density at radius 2 is 0.864 bits per heavy atom. The Labute approximate surface area is 130 Å². The molecule has 0 atom stereocenters. The summed E-state index contributed by atoms with van der Waals surface area (Å²) in [7, 11) is 0. The fraction of sp³-hybridized carbons (Fsp3) is 0.200. The Balaban J connectivity index is 2.23. The van der Waals surface area contributed by atoms with Crippen LogP contribution in [0.3, 0.4) is 0 Å². The molecule has 0 heterocycles. The van der Waals surface area contributed by atoms with Crippen LogP contribution in [0.5, 0.6) is 0 Å². The van der Waals surface area contributed by atoms with Crippen LogP contribution in [0, 0.1) is 7.14 Å². The molecule has 0 aromatic heterocycles. The number of halogens is 7. The third-order valence-corrected chi connectivity index (χ3v) is 8.17. The molecule has 7 heteroatoms. The van der Waals surface area contributed by atoms with Crippen LogP contribution in [-0.2, 0) is 12.4 Å². The molecule has 0 saturated heterocycles. The first-order valence-corrected chi connectivity index (χ1v) is 10.3. The summed E-state index contributed by atoms with van der Waals surface area (Å²) in [6, 6.07) is 9.66. The second-order valence-corrected chi connectivity index (χ2v) is 9.67. The Kier molecular flexibility index (Phi) is 4.74. The first-order chi connectivity index (χ1) is 10.1. The zero-order valence-electron chi connectivity index (χ0n) is 11.3. The third kappa shape index (κ3) is 3.93. The van der Waals surface area contributed by atoms with E-state index in [1.54, 1.807) is 0 Å². The van der Waals surface area contributed by atoms with Crippen molar-refractivity contribution < 1.29 is 26.3 Å². The van der Waals surface area contributed by atoms with Crippen LogP contribution >= 0.6 is 19.8 Å². The normalized spacial score (nSPS) is 13.1. The Bertz CT molecular complexity index is 568. The standard InChI is InChI=1S/C15H11F6I/c1-22(12-6-2-10(3-7-12)14(16,17)18)13-8-4-11(5-9-13)15(19,20)21/h2-9H,1H3. The summed E-state index contributed by atoms with van der Waals surface area (Å²) in [6.07, 6.45) is -8.78. The van der Waals surface area contributed by atoms with Gasteiger partial charge >= 0.3 is 130 Å². The molecule has 0 N–H and O–H groups in total. The van der Waals surface area contributed by atoms with Crippen LogP contribution in [0.15, 0.2) is 48.5 Å². The van der Waals surface area contributed by atoms with E-state index in [-0.39, 0.29) is 0 Å². The zero-order valence-corrected chi connectivity index (χ0v) is 13.4. The summed E-state index contributed by atoms with van der Waals surface area (Å²) in [5.74, 6) is 0. The molecule has 0 spiro atoms.